The fraction of sp³-hybridized carbons (Fsp3) is 0.884. The summed E-state index contributed by atoms with van der Waals surface area (Å²) in [6.45, 7) is 11.4. The molecule has 0 aromatic heterocycles. The van der Waals surface area contributed by atoms with Gasteiger partial charge in [-0.25, -0.2) is 0 Å². The third kappa shape index (κ3) is 31.6. The lowest BCUT2D eigenvalue weighted by atomic mass is 9.67. The lowest BCUT2D eigenvalue weighted by Gasteiger charge is -2.36. The second-order valence-corrected chi connectivity index (χ2v) is 15.7. The van der Waals surface area contributed by atoms with Crippen molar-refractivity contribution in [3.8, 4) is 0 Å². The molecule has 0 aromatic carbocycles. The zero-order valence-electron chi connectivity index (χ0n) is 35.5. The zero-order chi connectivity index (χ0) is 41.2. The molecule has 3 unspecified atom stereocenters. The molecular formula is C43H81NO10. The molecule has 0 aliphatic carbocycles. The average molecular weight is 772 g/mol. The molecule has 0 aliphatic rings. The molecule has 0 heterocycles. The van der Waals surface area contributed by atoms with Gasteiger partial charge in [0, 0.05) is 25.7 Å². The fourth-order valence-corrected chi connectivity index (χ4v) is 6.95. The number of aliphatic carboxylic acids is 3. The van der Waals surface area contributed by atoms with Crippen molar-refractivity contribution in [1.82, 2.24) is 4.90 Å². The van der Waals surface area contributed by atoms with E-state index >= 15 is 0 Å². The summed E-state index contributed by atoms with van der Waals surface area (Å²) in [6, 6.07) is 0. The van der Waals surface area contributed by atoms with Crippen molar-refractivity contribution in [2.24, 2.45) is 17.3 Å². The van der Waals surface area contributed by atoms with Crippen molar-refractivity contribution in [1.29, 1.82) is 0 Å². The summed E-state index contributed by atoms with van der Waals surface area (Å²) in [7, 11) is 3.93. The number of carbonyl (C=O) groups excluding carboxylic acids is 2. The minimum atomic E-state index is -0.948. The van der Waals surface area contributed by atoms with Crippen LogP contribution in [0.4, 0.5) is 0 Å². The Hall–Kier alpha value is -2.69. The monoisotopic (exact) mass is 772 g/mol. The number of carboxylic acid groups (broad SMARTS) is 3. The van der Waals surface area contributed by atoms with E-state index < -0.39 is 35.4 Å². The maximum absolute atomic E-state index is 13.3. The molecule has 11 heteroatoms. The number of unbranched alkanes of at least 4 members (excludes halogenated alkanes) is 8. The predicted octanol–water partition coefficient (Wildman–Crippen LogP) is 10.3. The minimum Gasteiger partial charge on any atom is -0.481 e. The summed E-state index contributed by atoms with van der Waals surface area (Å²) in [5.41, 5.74) is -0.935. The van der Waals surface area contributed by atoms with Crippen LogP contribution in [-0.2, 0) is 33.4 Å². The number of esters is 2. The number of nitrogens with zero attached hydrogens (tertiary/aromatic N) is 1. The van der Waals surface area contributed by atoms with Crippen LogP contribution < -0.4 is 0 Å². The first-order valence-electron chi connectivity index (χ1n) is 21.3. The molecule has 3 atom stereocenters. The van der Waals surface area contributed by atoms with E-state index in [0.29, 0.717) is 43.9 Å². The Labute approximate surface area is 328 Å². The van der Waals surface area contributed by atoms with Gasteiger partial charge in [0.25, 0.3) is 0 Å². The SMILES string of the molecule is CCCCCCC(CCCC)CC(CCC(=O)OCC(C)OC(=O)CCCN(C)C)(CC(CCCC)CCCCCC)C(=O)O.O=C(O)CCCC(=O)O. The summed E-state index contributed by atoms with van der Waals surface area (Å²) in [4.78, 5) is 60.0. The molecule has 3 N–H and O–H groups in total. The van der Waals surface area contributed by atoms with Gasteiger partial charge in [-0.05, 0) is 71.5 Å². The van der Waals surface area contributed by atoms with Crippen LogP contribution in [0.2, 0.25) is 0 Å². The molecule has 0 fully saturated rings. The standard InChI is InChI=1S/C38H73NO6.C5H8O4/c1-8-12-16-18-23-33(21-14-10-3)29-38(37(42)43,30-34(22-15-11-4)24-19-17-13-9-2)27-26-35(40)44-31-32(5)45-36(41)25-20-28-39(6)7;6-4(7)2-1-3-5(8)9/h32-34H,8-31H2,1-7H3,(H,42,43);1-3H2,(H,6,7)(H,8,9). The molecule has 0 amide bonds. The van der Waals surface area contributed by atoms with E-state index in [4.69, 9.17) is 19.7 Å². The van der Waals surface area contributed by atoms with Gasteiger partial charge in [0.05, 0.1) is 5.41 Å². The summed E-state index contributed by atoms with van der Waals surface area (Å²) in [6.07, 6.45) is 20.4. The van der Waals surface area contributed by atoms with Crippen LogP contribution in [0.15, 0.2) is 0 Å². The Balaban J connectivity index is 0. The number of rotatable bonds is 35. The highest BCUT2D eigenvalue weighted by Crippen LogP contribution is 2.43. The third-order valence-electron chi connectivity index (χ3n) is 10.1. The maximum atomic E-state index is 13.3. The molecule has 0 bridgehead atoms. The Morgan fingerprint density at radius 1 is 0.574 bits per heavy atom. The van der Waals surface area contributed by atoms with Crippen LogP contribution in [0.3, 0.4) is 0 Å². The van der Waals surface area contributed by atoms with Crippen molar-refractivity contribution >= 4 is 29.8 Å². The minimum absolute atomic E-state index is 0.00850. The van der Waals surface area contributed by atoms with Crippen molar-refractivity contribution in [3.63, 3.8) is 0 Å². The topological polar surface area (TPSA) is 168 Å². The van der Waals surface area contributed by atoms with Crippen LogP contribution in [0.1, 0.15) is 195 Å². The van der Waals surface area contributed by atoms with E-state index in [9.17, 15) is 29.1 Å². The van der Waals surface area contributed by atoms with E-state index in [-0.39, 0.29) is 38.3 Å². The first-order chi connectivity index (χ1) is 25.7. The lowest BCUT2D eigenvalue weighted by Crippen LogP contribution is -2.37. The van der Waals surface area contributed by atoms with E-state index in [0.717, 1.165) is 70.8 Å². The van der Waals surface area contributed by atoms with E-state index in [2.05, 4.69) is 27.7 Å². The molecule has 0 aromatic rings. The summed E-state index contributed by atoms with van der Waals surface area (Å²) in [5.74, 6) is -2.63. The molecule has 0 aliphatic heterocycles. The maximum Gasteiger partial charge on any atom is 0.309 e. The predicted molar refractivity (Wildman–Crippen MR) is 216 cm³/mol. The van der Waals surface area contributed by atoms with E-state index in [1.807, 2.05) is 19.0 Å². The van der Waals surface area contributed by atoms with Crippen molar-refractivity contribution in [2.75, 3.05) is 27.2 Å². The second-order valence-electron chi connectivity index (χ2n) is 15.7. The first kappa shape index (κ1) is 53.4. The third-order valence-corrected chi connectivity index (χ3v) is 10.1. The highest BCUT2D eigenvalue weighted by Gasteiger charge is 2.42. The van der Waals surface area contributed by atoms with Crippen LogP contribution >= 0.6 is 0 Å². The van der Waals surface area contributed by atoms with Gasteiger partial charge < -0.3 is 29.7 Å². The van der Waals surface area contributed by atoms with Gasteiger partial charge >= 0.3 is 29.8 Å². The number of hydrogen-bond donors (Lipinski definition) is 3. The normalized spacial score (nSPS) is 13.9. The molecule has 11 nitrogen and oxygen atoms in total. The van der Waals surface area contributed by atoms with Gasteiger partial charge in [0.15, 0.2) is 0 Å². The fourth-order valence-electron chi connectivity index (χ4n) is 6.95. The van der Waals surface area contributed by atoms with Gasteiger partial charge in [0.1, 0.15) is 12.7 Å². The highest BCUT2D eigenvalue weighted by molar-refractivity contribution is 5.76. The Morgan fingerprint density at radius 3 is 1.44 bits per heavy atom. The molecule has 54 heavy (non-hydrogen) atoms. The highest BCUT2D eigenvalue weighted by atomic mass is 16.6. The van der Waals surface area contributed by atoms with Crippen LogP contribution in [0, 0.1) is 17.3 Å². The lowest BCUT2D eigenvalue weighted by molar-refractivity contribution is -0.160. The number of hydrogen-bond acceptors (Lipinski definition) is 8. The first-order valence-corrected chi connectivity index (χ1v) is 21.3. The van der Waals surface area contributed by atoms with Crippen LogP contribution in [-0.4, -0.2) is 83.4 Å². The van der Waals surface area contributed by atoms with Gasteiger partial charge in [-0.1, -0.05) is 130 Å². The Bertz CT molecular complexity index is 945. The molecular weight excluding hydrogens is 690 g/mol. The largest absolute Gasteiger partial charge is 0.481 e. The van der Waals surface area contributed by atoms with Gasteiger partial charge in [0.2, 0.25) is 0 Å². The molecule has 0 spiro atoms. The summed E-state index contributed by atoms with van der Waals surface area (Å²) >= 11 is 0. The van der Waals surface area contributed by atoms with Crippen molar-refractivity contribution in [3.05, 3.63) is 0 Å². The number of carboxylic acids is 3. The van der Waals surface area contributed by atoms with Gasteiger partial charge in [-0.2, -0.15) is 0 Å². The summed E-state index contributed by atoms with van der Waals surface area (Å²) in [5, 5.41) is 27.0. The van der Waals surface area contributed by atoms with E-state index in [1.54, 1.807) is 6.92 Å². The van der Waals surface area contributed by atoms with E-state index in [1.165, 1.54) is 38.5 Å². The smallest absolute Gasteiger partial charge is 0.309 e. The van der Waals surface area contributed by atoms with Crippen LogP contribution in [0.25, 0.3) is 0 Å². The molecule has 0 rings (SSSR count). The molecule has 0 radical (unpaired) electrons. The Morgan fingerprint density at radius 2 is 1.04 bits per heavy atom. The van der Waals surface area contributed by atoms with Gasteiger partial charge in [-0.15, -0.1) is 0 Å². The van der Waals surface area contributed by atoms with Crippen molar-refractivity contribution < 1.29 is 48.8 Å². The zero-order valence-corrected chi connectivity index (χ0v) is 35.5. The van der Waals surface area contributed by atoms with Crippen LogP contribution in [0.5, 0.6) is 0 Å². The molecule has 0 saturated carbocycles. The van der Waals surface area contributed by atoms with Crippen molar-refractivity contribution in [2.45, 2.75) is 201 Å². The quantitative estimate of drug-likeness (QED) is 0.0414. The second kappa shape index (κ2) is 34.8. The number of carbonyl (C=O) groups is 5. The Kier molecular flexibility index (Phi) is 34.4. The number of ether oxygens (including phenoxy) is 2. The molecule has 318 valence electrons. The molecule has 0 saturated heterocycles. The summed E-state index contributed by atoms with van der Waals surface area (Å²) < 4.78 is 11.0. The average Bonchev–Trinajstić information content (AvgIpc) is 3.10. The van der Waals surface area contributed by atoms with Gasteiger partial charge in [-0.3, -0.25) is 24.0 Å².